The maximum Gasteiger partial charge on any atom is 0.258 e. The Hall–Kier alpha value is -2.78. The molecule has 0 unspecified atom stereocenters. The van der Waals surface area contributed by atoms with Crippen molar-refractivity contribution in [1.82, 2.24) is 35.0 Å². The summed E-state index contributed by atoms with van der Waals surface area (Å²) in [7, 11) is 3.36. The van der Waals surface area contributed by atoms with Crippen LogP contribution in [0.5, 0.6) is 0 Å². The molecule has 0 saturated heterocycles. The van der Waals surface area contributed by atoms with Crippen LogP contribution >= 0.6 is 0 Å². The highest BCUT2D eigenvalue weighted by Crippen LogP contribution is 2.09. The molecule has 3 N–H and O–H groups in total. The van der Waals surface area contributed by atoms with Crippen LogP contribution in [0.3, 0.4) is 0 Å². The summed E-state index contributed by atoms with van der Waals surface area (Å²) in [5.74, 6) is 0.659. The van der Waals surface area contributed by atoms with Crippen molar-refractivity contribution in [2.24, 2.45) is 0 Å². The zero-order valence-electron chi connectivity index (χ0n) is 11.2. The van der Waals surface area contributed by atoms with Crippen molar-refractivity contribution < 1.29 is 4.79 Å². The lowest BCUT2D eigenvalue weighted by Gasteiger charge is -2.16. The summed E-state index contributed by atoms with van der Waals surface area (Å²) < 4.78 is 1.38. The molecule has 10 heteroatoms. The first-order chi connectivity index (χ1) is 9.60. The number of amides is 1. The van der Waals surface area contributed by atoms with Crippen LogP contribution in [0.25, 0.3) is 5.95 Å². The normalized spacial score (nSPS) is 10.3. The Labute approximate surface area is 115 Å². The molecule has 0 spiro atoms. The summed E-state index contributed by atoms with van der Waals surface area (Å²) in [6.45, 7) is 0.458. The largest absolute Gasteiger partial charge is 0.368 e. The molecule has 106 valence electrons. The number of nitrogens with zero attached hydrogens (tertiary/aromatic N) is 7. The van der Waals surface area contributed by atoms with Crippen LogP contribution in [0.1, 0.15) is 6.42 Å². The number of nitrogen functional groups attached to an aromatic ring is 1. The first-order valence-corrected chi connectivity index (χ1v) is 5.88. The summed E-state index contributed by atoms with van der Waals surface area (Å²) in [4.78, 5) is 29.0. The predicted octanol–water partition coefficient (Wildman–Crippen LogP) is -1.39. The van der Waals surface area contributed by atoms with Crippen LogP contribution in [0, 0.1) is 0 Å². The lowest BCUT2D eigenvalue weighted by Crippen LogP contribution is -2.28. The minimum Gasteiger partial charge on any atom is -0.368 e. The van der Waals surface area contributed by atoms with Crippen LogP contribution in [0.15, 0.2) is 12.7 Å². The Morgan fingerprint density at radius 2 is 2.25 bits per heavy atom. The Bertz CT molecular complexity index is 582. The van der Waals surface area contributed by atoms with Crippen molar-refractivity contribution >= 4 is 17.8 Å². The minimum atomic E-state index is -0.0598. The van der Waals surface area contributed by atoms with E-state index in [-0.39, 0.29) is 17.8 Å². The van der Waals surface area contributed by atoms with E-state index in [0.717, 1.165) is 0 Å². The highest BCUT2D eigenvalue weighted by atomic mass is 16.1. The number of nitrogens with two attached hydrogens (primary N) is 1. The fourth-order valence-electron chi connectivity index (χ4n) is 1.45. The Kier molecular flexibility index (Phi) is 4.03. The highest BCUT2D eigenvalue weighted by molar-refractivity contribution is 5.76. The molecule has 0 aliphatic carbocycles. The number of hydrogen-bond acceptors (Lipinski definition) is 8. The van der Waals surface area contributed by atoms with Gasteiger partial charge in [0.15, 0.2) is 0 Å². The van der Waals surface area contributed by atoms with Gasteiger partial charge in [-0.15, -0.1) is 0 Å². The van der Waals surface area contributed by atoms with E-state index in [2.05, 4.69) is 30.4 Å². The number of carbonyl (C=O) groups excluding carboxylic acids is 1. The Morgan fingerprint density at radius 3 is 2.90 bits per heavy atom. The lowest BCUT2D eigenvalue weighted by atomic mass is 10.4. The topological polar surface area (TPSA) is 128 Å². The van der Waals surface area contributed by atoms with E-state index in [1.165, 1.54) is 17.3 Å². The van der Waals surface area contributed by atoms with Crippen LogP contribution in [-0.2, 0) is 4.79 Å². The summed E-state index contributed by atoms with van der Waals surface area (Å²) >= 11 is 0. The molecule has 0 atom stereocenters. The van der Waals surface area contributed by atoms with Gasteiger partial charge in [0.1, 0.15) is 12.7 Å². The van der Waals surface area contributed by atoms with Gasteiger partial charge in [-0.25, -0.2) is 4.98 Å². The van der Waals surface area contributed by atoms with Gasteiger partial charge in [-0.05, 0) is 0 Å². The quantitative estimate of drug-likeness (QED) is 0.683. The summed E-state index contributed by atoms with van der Waals surface area (Å²) in [5, 5.41) is 6.48. The van der Waals surface area contributed by atoms with E-state index in [0.29, 0.717) is 18.9 Å². The highest BCUT2D eigenvalue weighted by Gasteiger charge is 2.11. The second kappa shape index (κ2) is 5.91. The van der Waals surface area contributed by atoms with Gasteiger partial charge in [-0.1, -0.05) is 0 Å². The second-order valence-corrected chi connectivity index (χ2v) is 3.98. The summed E-state index contributed by atoms with van der Waals surface area (Å²) in [6.07, 6.45) is 3.16. The smallest absolute Gasteiger partial charge is 0.258 e. The first kappa shape index (κ1) is 13.6. The van der Waals surface area contributed by atoms with Gasteiger partial charge in [0.2, 0.25) is 17.8 Å². The lowest BCUT2D eigenvalue weighted by molar-refractivity contribution is -0.120. The zero-order chi connectivity index (χ0) is 14.5. The van der Waals surface area contributed by atoms with Gasteiger partial charge in [0.25, 0.3) is 5.95 Å². The molecule has 2 aromatic rings. The van der Waals surface area contributed by atoms with Crippen LogP contribution in [0.4, 0.5) is 11.9 Å². The molecule has 0 fully saturated rings. The Morgan fingerprint density at radius 1 is 1.45 bits per heavy atom. The number of anilines is 2. The molecule has 1 amide bonds. The van der Waals surface area contributed by atoms with Crippen molar-refractivity contribution in [1.29, 1.82) is 0 Å². The predicted molar refractivity (Wildman–Crippen MR) is 71.1 cm³/mol. The monoisotopic (exact) mass is 277 g/mol. The number of hydrogen-bond donors (Lipinski definition) is 2. The Balaban J connectivity index is 2.17. The first-order valence-electron chi connectivity index (χ1n) is 5.88. The van der Waals surface area contributed by atoms with Crippen LogP contribution in [-0.4, -0.2) is 56.3 Å². The fraction of sp³-hybridized carbons (Fsp3) is 0.400. The third kappa shape index (κ3) is 3.16. The van der Waals surface area contributed by atoms with E-state index in [1.54, 1.807) is 19.0 Å². The van der Waals surface area contributed by atoms with Crippen molar-refractivity contribution in [2.45, 2.75) is 6.42 Å². The van der Waals surface area contributed by atoms with Crippen molar-refractivity contribution in [2.75, 3.05) is 31.3 Å². The molecule has 0 aromatic carbocycles. The fourth-order valence-corrected chi connectivity index (χ4v) is 1.45. The van der Waals surface area contributed by atoms with Gasteiger partial charge in [0, 0.05) is 27.1 Å². The van der Waals surface area contributed by atoms with E-state index in [9.17, 15) is 4.79 Å². The van der Waals surface area contributed by atoms with E-state index >= 15 is 0 Å². The molecule has 0 radical (unpaired) electrons. The van der Waals surface area contributed by atoms with Gasteiger partial charge >= 0.3 is 0 Å². The zero-order valence-corrected chi connectivity index (χ0v) is 11.2. The van der Waals surface area contributed by atoms with E-state index in [1.807, 2.05) is 0 Å². The molecule has 2 rings (SSSR count). The third-order valence-corrected chi connectivity index (χ3v) is 2.55. The van der Waals surface area contributed by atoms with Gasteiger partial charge < -0.3 is 16.0 Å². The molecule has 0 aliphatic heterocycles. The molecular formula is C10H15N9O. The molecule has 0 bridgehead atoms. The maximum atomic E-state index is 11.2. The van der Waals surface area contributed by atoms with Gasteiger partial charge in [0.05, 0.1) is 0 Å². The average molecular weight is 277 g/mol. The molecular weight excluding hydrogens is 262 g/mol. The van der Waals surface area contributed by atoms with Gasteiger partial charge in [-0.3, -0.25) is 4.79 Å². The minimum absolute atomic E-state index is 0.0598. The molecule has 0 aliphatic rings. The standard InChI is InChI=1S/C10H15N9O/c1-12-7(20)3-4-18(2)9-15-8(11)16-10(17-9)19-6-13-5-14-19/h5-6H,3-4H2,1-2H3,(H,12,20)(H2,11,15,16,17). The maximum absolute atomic E-state index is 11.2. The van der Waals surface area contributed by atoms with Crippen LogP contribution in [0.2, 0.25) is 0 Å². The molecule has 2 heterocycles. The second-order valence-electron chi connectivity index (χ2n) is 3.98. The number of rotatable bonds is 5. The average Bonchev–Trinajstić information content (AvgIpc) is 2.97. The van der Waals surface area contributed by atoms with E-state index in [4.69, 9.17) is 5.73 Å². The molecule has 10 nitrogen and oxygen atoms in total. The SMILES string of the molecule is CNC(=O)CCN(C)c1nc(N)nc(-n2cncn2)n1. The number of nitrogens with one attached hydrogen (secondary N) is 1. The number of aromatic nitrogens is 6. The molecule has 2 aromatic heterocycles. The molecule has 0 saturated carbocycles. The summed E-state index contributed by atoms with van der Waals surface area (Å²) in [5.41, 5.74) is 5.66. The molecule has 20 heavy (non-hydrogen) atoms. The van der Waals surface area contributed by atoms with E-state index < -0.39 is 0 Å². The summed E-state index contributed by atoms with van der Waals surface area (Å²) in [6, 6.07) is 0. The van der Waals surface area contributed by atoms with Crippen molar-refractivity contribution in [3.63, 3.8) is 0 Å². The van der Waals surface area contributed by atoms with Gasteiger partial charge in [-0.2, -0.15) is 24.7 Å². The number of carbonyl (C=O) groups is 1. The van der Waals surface area contributed by atoms with Crippen molar-refractivity contribution in [3.8, 4) is 5.95 Å². The third-order valence-electron chi connectivity index (χ3n) is 2.55. The van der Waals surface area contributed by atoms with Crippen molar-refractivity contribution in [3.05, 3.63) is 12.7 Å². The van der Waals surface area contributed by atoms with Crippen LogP contribution < -0.4 is 16.0 Å².